The summed E-state index contributed by atoms with van der Waals surface area (Å²) in [6, 6.07) is 10.8. The average Bonchev–Trinajstić information content (AvgIpc) is 2.75. The molecule has 5 atom stereocenters. The summed E-state index contributed by atoms with van der Waals surface area (Å²) in [5.41, 5.74) is 1.43. The summed E-state index contributed by atoms with van der Waals surface area (Å²) >= 11 is 0. The third kappa shape index (κ3) is 1.15. The van der Waals surface area contributed by atoms with Gasteiger partial charge < -0.3 is 0 Å². The Bertz CT molecular complexity index is 492. The molecule has 1 nitrogen and oxygen atoms in total. The van der Waals surface area contributed by atoms with E-state index in [1.54, 1.807) is 0 Å². The van der Waals surface area contributed by atoms with E-state index in [1.807, 2.05) is 6.92 Å². The van der Waals surface area contributed by atoms with Gasteiger partial charge in [-0.1, -0.05) is 30.3 Å². The van der Waals surface area contributed by atoms with Crippen molar-refractivity contribution in [3.63, 3.8) is 0 Å². The zero-order chi connectivity index (χ0) is 12.3. The van der Waals surface area contributed by atoms with Crippen molar-refractivity contribution in [1.29, 1.82) is 0 Å². The van der Waals surface area contributed by atoms with E-state index in [-0.39, 0.29) is 5.41 Å². The van der Waals surface area contributed by atoms with Crippen molar-refractivity contribution in [1.82, 2.24) is 0 Å². The van der Waals surface area contributed by atoms with Crippen molar-refractivity contribution < 1.29 is 4.79 Å². The number of ketones is 1. The Morgan fingerprint density at radius 2 is 1.94 bits per heavy atom. The van der Waals surface area contributed by atoms with Crippen molar-refractivity contribution in [2.45, 2.75) is 38.5 Å². The first-order valence-electron chi connectivity index (χ1n) is 7.28. The molecule has 4 saturated carbocycles. The summed E-state index contributed by atoms with van der Waals surface area (Å²) < 4.78 is 0. The van der Waals surface area contributed by atoms with E-state index in [1.165, 1.54) is 31.2 Å². The Hall–Kier alpha value is -1.11. The Labute approximate surface area is 109 Å². The van der Waals surface area contributed by atoms with Crippen molar-refractivity contribution in [2.75, 3.05) is 0 Å². The SMILES string of the molecule is CC(=O)C12CC3CC(CC1C3)C2c1ccccc1. The van der Waals surface area contributed by atoms with Crippen LogP contribution in [0, 0.1) is 23.2 Å². The fourth-order valence-corrected chi connectivity index (χ4v) is 5.67. The molecule has 0 heterocycles. The second-order valence-corrected chi connectivity index (χ2v) is 6.72. The van der Waals surface area contributed by atoms with Gasteiger partial charge >= 0.3 is 0 Å². The van der Waals surface area contributed by atoms with Gasteiger partial charge in [0.05, 0.1) is 0 Å². The summed E-state index contributed by atoms with van der Waals surface area (Å²) in [7, 11) is 0. The topological polar surface area (TPSA) is 17.1 Å². The van der Waals surface area contributed by atoms with Gasteiger partial charge in [0, 0.05) is 5.41 Å². The van der Waals surface area contributed by atoms with Gasteiger partial charge in [-0.2, -0.15) is 0 Å². The molecule has 5 unspecified atom stereocenters. The molecule has 4 aliphatic carbocycles. The smallest absolute Gasteiger partial charge is 0.136 e. The first-order chi connectivity index (χ1) is 8.72. The maximum Gasteiger partial charge on any atom is 0.136 e. The third-order valence-electron chi connectivity index (χ3n) is 6.04. The van der Waals surface area contributed by atoms with Crippen LogP contribution in [0.2, 0.25) is 0 Å². The molecule has 4 aliphatic rings. The van der Waals surface area contributed by atoms with Crippen LogP contribution in [0.25, 0.3) is 0 Å². The minimum Gasteiger partial charge on any atom is -0.299 e. The van der Waals surface area contributed by atoms with Crippen LogP contribution in [0.15, 0.2) is 30.3 Å². The Kier molecular flexibility index (Phi) is 2.07. The molecule has 1 heteroatoms. The third-order valence-corrected chi connectivity index (χ3v) is 6.04. The molecule has 0 radical (unpaired) electrons. The Morgan fingerprint density at radius 1 is 1.17 bits per heavy atom. The summed E-state index contributed by atoms with van der Waals surface area (Å²) in [5, 5.41) is 0. The highest BCUT2D eigenvalue weighted by molar-refractivity contribution is 5.85. The van der Waals surface area contributed by atoms with Crippen LogP contribution in [0.1, 0.15) is 44.1 Å². The zero-order valence-electron chi connectivity index (χ0n) is 10.9. The van der Waals surface area contributed by atoms with Gasteiger partial charge in [0.25, 0.3) is 0 Å². The van der Waals surface area contributed by atoms with E-state index >= 15 is 0 Å². The average molecular weight is 240 g/mol. The maximum absolute atomic E-state index is 12.4. The van der Waals surface area contributed by atoms with E-state index in [0.29, 0.717) is 17.6 Å². The normalized spacial score (nSPS) is 44.5. The van der Waals surface area contributed by atoms with Gasteiger partial charge in [-0.25, -0.2) is 0 Å². The van der Waals surface area contributed by atoms with E-state index in [9.17, 15) is 4.79 Å². The molecule has 4 fully saturated rings. The maximum atomic E-state index is 12.4. The number of benzene rings is 1. The summed E-state index contributed by atoms with van der Waals surface area (Å²) in [6.07, 6.45) is 5.16. The molecule has 18 heavy (non-hydrogen) atoms. The molecular weight excluding hydrogens is 220 g/mol. The van der Waals surface area contributed by atoms with Crippen LogP contribution in [-0.4, -0.2) is 5.78 Å². The summed E-state index contributed by atoms with van der Waals surface area (Å²) in [5.74, 6) is 3.28. The Balaban J connectivity index is 1.85. The number of carbonyl (C=O) groups is 1. The van der Waals surface area contributed by atoms with Crippen LogP contribution >= 0.6 is 0 Å². The lowest BCUT2D eigenvalue weighted by Crippen LogP contribution is -2.37. The van der Waals surface area contributed by atoms with Crippen molar-refractivity contribution in [3.8, 4) is 0 Å². The Morgan fingerprint density at radius 3 is 2.67 bits per heavy atom. The van der Waals surface area contributed by atoms with Crippen molar-refractivity contribution >= 4 is 5.78 Å². The van der Waals surface area contributed by atoms with E-state index in [2.05, 4.69) is 30.3 Å². The molecule has 0 spiro atoms. The fourth-order valence-electron chi connectivity index (χ4n) is 5.67. The van der Waals surface area contributed by atoms with Crippen molar-refractivity contribution in [3.05, 3.63) is 35.9 Å². The molecule has 5 rings (SSSR count). The van der Waals surface area contributed by atoms with E-state index in [0.717, 1.165) is 11.8 Å². The van der Waals surface area contributed by atoms with Crippen LogP contribution < -0.4 is 0 Å². The summed E-state index contributed by atoms with van der Waals surface area (Å²) in [6.45, 7) is 1.85. The minimum atomic E-state index is 0.00887. The molecule has 94 valence electrons. The highest BCUT2D eigenvalue weighted by Crippen LogP contribution is 2.71. The van der Waals surface area contributed by atoms with E-state index < -0.39 is 0 Å². The number of hydrogen-bond donors (Lipinski definition) is 0. The fraction of sp³-hybridized carbons (Fsp3) is 0.588. The number of hydrogen-bond acceptors (Lipinski definition) is 1. The van der Waals surface area contributed by atoms with Gasteiger partial charge in [-0.15, -0.1) is 0 Å². The standard InChI is InChI=1S/C17H20O/c1-11(18)17-10-12-7-14(9-15(17)8-12)16(17)13-5-3-2-4-6-13/h2-6,12,14-16H,7-10H2,1H3. The number of Topliss-reactive ketones (excluding diaryl/α,β-unsaturated/α-hetero) is 1. The lowest BCUT2D eigenvalue weighted by atomic mass is 9.63. The van der Waals surface area contributed by atoms with Gasteiger partial charge in [-0.05, 0) is 61.8 Å². The molecular formula is C17H20O. The van der Waals surface area contributed by atoms with Crippen LogP contribution in [-0.2, 0) is 4.79 Å². The molecule has 1 aromatic carbocycles. The van der Waals surface area contributed by atoms with Crippen molar-refractivity contribution in [2.24, 2.45) is 23.2 Å². The molecule has 1 aromatic rings. The first kappa shape index (κ1) is 10.8. The predicted molar refractivity (Wildman–Crippen MR) is 71.2 cm³/mol. The summed E-state index contributed by atoms with van der Waals surface area (Å²) in [4.78, 5) is 12.4. The molecule has 4 bridgehead atoms. The second-order valence-electron chi connectivity index (χ2n) is 6.72. The van der Waals surface area contributed by atoms with E-state index in [4.69, 9.17) is 0 Å². The monoisotopic (exact) mass is 240 g/mol. The highest BCUT2D eigenvalue weighted by atomic mass is 16.1. The lowest BCUT2D eigenvalue weighted by Gasteiger charge is -2.39. The predicted octanol–water partition coefficient (Wildman–Crippen LogP) is 3.80. The number of rotatable bonds is 2. The quantitative estimate of drug-likeness (QED) is 0.768. The van der Waals surface area contributed by atoms with Gasteiger partial charge in [0.1, 0.15) is 5.78 Å². The van der Waals surface area contributed by atoms with Gasteiger partial charge in [0.15, 0.2) is 0 Å². The largest absolute Gasteiger partial charge is 0.299 e. The first-order valence-corrected chi connectivity index (χ1v) is 7.28. The lowest BCUT2D eigenvalue weighted by molar-refractivity contribution is -0.129. The molecule has 0 saturated heterocycles. The zero-order valence-corrected chi connectivity index (χ0v) is 10.9. The van der Waals surface area contributed by atoms with Crippen LogP contribution in [0.5, 0.6) is 0 Å². The number of carbonyl (C=O) groups excluding carboxylic acids is 1. The second kappa shape index (κ2) is 3.46. The molecule has 0 N–H and O–H groups in total. The molecule has 0 aliphatic heterocycles. The molecule has 0 aromatic heterocycles. The van der Waals surface area contributed by atoms with Gasteiger partial charge in [0.2, 0.25) is 0 Å². The van der Waals surface area contributed by atoms with Crippen LogP contribution in [0.3, 0.4) is 0 Å². The van der Waals surface area contributed by atoms with Gasteiger partial charge in [-0.3, -0.25) is 4.79 Å². The highest BCUT2D eigenvalue weighted by Gasteiger charge is 2.65. The van der Waals surface area contributed by atoms with Crippen LogP contribution in [0.4, 0.5) is 0 Å². The minimum absolute atomic E-state index is 0.00887. The molecule has 0 amide bonds.